The monoisotopic (exact) mass is 527 g/mol. The second-order valence-corrected chi connectivity index (χ2v) is 8.62. The minimum atomic E-state index is 0. The highest BCUT2D eigenvalue weighted by atomic mass is 127. The molecule has 1 fully saturated rings. The van der Waals surface area contributed by atoms with Gasteiger partial charge in [0.05, 0.1) is 6.54 Å². The van der Waals surface area contributed by atoms with Crippen LogP contribution in [0.4, 0.5) is 0 Å². The summed E-state index contributed by atoms with van der Waals surface area (Å²) in [7, 11) is 1.98. The first-order chi connectivity index (χ1) is 14.0. The Labute approximate surface area is 195 Å². The molecule has 30 heavy (non-hydrogen) atoms. The third-order valence-electron chi connectivity index (χ3n) is 5.99. The molecule has 4 rings (SSSR count). The maximum Gasteiger partial charge on any atom is 0.192 e. The Kier molecular flexibility index (Phi) is 7.70. The van der Waals surface area contributed by atoms with Crippen LogP contribution in [-0.4, -0.2) is 47.6 Å². The highest BCUT2D eigenvalue weighted by Gasteiger charge is 2.24. The van der Waals surface area contributed by atoms with Gasteiger partial charge in [-0.05, 0) is 26.2 Å². The molecule has 1 atom stereocenters. The van der Waals surface area contributed by atoms with Crippen LogP contribution < -0.4 is 10.6 Å². The van der Waals surface area contributed by atoms with Gasteiger partial charge in [-0.2, -0.15) is 5.10 Å². The molecule has 0 spiro atoms. The molecule has 1 unspecified atom stereocenters. The predicted molar refractivity (Wildman–Crippen MR) is 127 cm³/mol. The van der Waals surface area contributed by atoms with E-state index in [4.69, 9.17) is 15.1 Å². The Morgan fingerprint density at radius 2 is 1.87 bits per heavy atom. The van der Waals surface area contributed by atoms with Crippen molar-refractivity contribution in [1.29, 1.82) is 0 Å². The van der Waals surface area contributed by atoms with Crippen molar-refractivity contribution >= 4 is 29.9 Å². The van der Waals surface area contributed by atoms with Crippen molar-refractivity contribution in [3.05, 3.63) is 23.3 Å². The Hall–Kier alpha value is -1.72. The quantitative estimate of drug-likeness (QED) is 0.352. The SMILES string of the molecule is Cc1nnc(CN=C(NC2CCCC2)NC2CCc3nc(C(C)C)nn3C2)n1C.I. The number of aromatic nitrogens is 6. The number of hydrogen-bond acceptors (Lipinski definition) is 5. The fourth-order valence-corrected chi connectivity index (χ4v) is 4.02. The molecule has 1 aliphatic carbocycles. The van der Waals surface area contributed by atoms with Crippen molar-refractivity contribution in [3.63, 3.8) is 0 Å². The Balaban J connectivity index is 0.00000256. The standard InChI is InChI=1S/C20H33N9.HI/c1-13(2)19-24-17-10-9-16(12-29(17)27-19)23-20(22-15-7-5-6-8-15)21-11-18-26-25-14(3)28(18)4;/h13,15-16H,5-12H2,1-4H3,(H2,21,22,23);1H. The largest absolute Gasteiger partial charge is 0.354 e. The van der Waals surface area contributed by atoms with Crippen LogP contribution >= 0.6 is 24.0 Å². The molecule has 9 nitrogen and oxygen atoms in total. The molecule has 0 aromatic carbocycles. The van der Waals surface area contributed by atoms with Crippen molar-refractivity contribution in [3.8, 4) is 0 Å². The maximum absolute atomic E-state index is 4.84. The lowest BCUT2D eigenvalue weighted by Crippen LogP contribution is -2.49. The first-order valence-corrected chi connectivity index (χ1v) is 10.9. The summed E-state index contributed by atoms with van der Waals surface area (Å²) in [5, 5.41) is 20.4. The summed E-state index contributed by atoms with van der Waals surface area (Å²) >= 11 is 0. The second-order valence-electron chi connectivity index (χ2n) is 8.62. The van der Waals surface area contributed by atoms with Gasteiger partial charge in [0.2, 0.25) is 0 Å². The minimum Gasteiger partial charge on any atom is -0.354 e. The molecule has 1 saturated carbocycles. The Morgan fingerprint density at radius 1 is 1.13 bits per heavy atom. The fraction of sp³-hybridized carbons (Fsp3) is 0.750. The van der Waals surface area contributed by atoms with E-state index in [1.165, 1.54) is 25.7 Å². The van der Waals surface area contributed by atoms with E-state index in [-0.39, 0.29) is 30.0 Å². The molecule has 0 radical (unpaired) electrons. The van der Waals surface area contributed by atoms with Crippen molar-refractivity contribution in [2.75, 3.05) is 0 Å². The van der Waals surface area contributed by atoms with Crippen molar-refractivity contribution in [2.45, 2.75) is 90.4 Å². The van der Waals surface area contributed by atoms with Gasteiger partial charge in [0, 0.05) is 31.5 Å². The van der Waals surface area contributed by atoms with Crippen LogP contribution in [0.2, 0.25) is 0 Å². The van der Waals surface area contributed by atoms with E-state index in [0.29, 0.717) is 18.5 Å². The third kappa shape index (κ3) is 5.30. The molecule has 10 heteroatoms. The molecule has 2 aliphatic rings. The zero-order valence-electron chi connectivity index (χ0n) is 18.4. The summed E-state index contributed by atoms with van der Waals surface area (Å²) in [6, 6.07) is 0.790. The van der Waals surface area contributed by atoms with E-state index in [1.54, 1.807) is 0 Å². The molecule has 2 aromatic rings. The molecule has 0 bridgehead atoms. The van der Waals surface area contributed by atoms with Gasteiger partial charge >= 0.3 is 0 Å². The molecule has 1 aliphatic heterocycles. The maximum atomic E-state index is 4.84. The number of nitrogens with zero attached hydrogens (tertiary/aromatic N) is 7. The Bertz CT molecular complexity index is 864. The number of aliphatic imine (C=N–C) groups is 1. The van der Waals surface area contributed by atoms with Crippen molar-refractivity contribution < 1.29 is 0 Å². The van der Waals surface area contributed by atoms with Gasteiger partial charge < -0.3 is 15.2 Å². The van der Waals surface area contributed by atoms with Gasteiger partial charge in [0.1, 0.15) is 18.2 Å². The van der Waals surface area contributed by atoms with E-state index in [9.17, 15) is 0 Å². The lowest BCUT2D eigenvalue weighted by molar-refractivity contribution is 0.389. The average molecular weight is 527 g/mol. The number of nitrogens with one attached hydrogen (secondary N) is 2. The van der Waals surface area contributed by atoms with Crippen molar-refractivity contribution in [1.82, 2.24) is 40.2 Å². The average Bonchev–Trinajstić information content (AvgIpc) is 3.42. The Morgan fingerprint density at radius 3 is 2.53 bits per heavy atom. The predicted octanol–water partition coefficient (Wildman–Crippen LogP) is 2.45. The second kappa shape index (κ2) is 10.1. The zero-order valence-corrected chi connectivity index (χ0v) is 20.8. The molecule has 166 valence electrons. The van der Waals surface area contributed by atoms with Crippen LogP contribution in [0.5, 0.6) is 0 Å². The zero-order chi connectivity index (χ0) is 20.4. The fourth-order valence-electron chi connectivity index (χ4n) is 4.02. The highest BCUT2D eigenvalue weighted by Crippen LogP contribution is 2.19. The van der Waals surface area contributed by atoms with Gasteiger partial charge in [-0.1, -0.05) is 26.7 Å². The summed E-state index contributed by atoms with van der Waals surface area (Å²) in [4.78, 5) is 9.54. The van der Waals surface area contributed by atoms with Gasteiger partial charge in [0.15, 0.2) is 17.6 Å². The molecule has 2 N–H and O–H groups in total. The lowest BCUT2D eigenvalue weighted by Gasteiger charge is -2.27. The van der Waals surface area contributed by atoms with E-state index in [1.807, 2.05) is 18.5 Å². The van der Waals surface area contributed by atoms with Gasteiger partial charge in [-0.15, -0.1) is 34.2 Å². The number of guanidine groups is 1. The summed E-state index contributed by atoms with van der Waals surface area (Å²) in [5.74, 6) is 5.05. The molecule has 3 heterocycles. The van der Waals surface area contributed by atoms with E-state index in [0.717, 1.165) is 48.6 Å². The first-order valence-electron chi connectivity index (χ1n) is 10.9. The van der Waals surface area contributed by atoms with Crippen molar-refractivity contribution in [2.24, 2.45) is 12.0 Å². The smallest absolute Gasteiger partial charge is 0.192 e. The number of fused-ring (bicyclic) bond motifs is 1. The number of halogens is 1. The number of rotatable bonds is 5. The van der Waals surface area contributed by atoms with E-state index in [2.05, 4.69) is 39.4 Å². The van der Waals surface area contributed by atoms with Crippen LogP contribution in [-0.2, 0) is 26.6 Å². The van der Waals surface area contributed by atoms with Gasteiger partial charge in [-0.3, -0.25) is 0 Å². The number of hydrogen-bond donors (Lipinski definition) is 2. The number of aryl methyl sites for hydroxylation is 2. The molecule has 0 saturated heterocycles. The van der Waals surface area contributed by atoms with Crippen LogP contribution in [0.3, 0.4) is 0 Å². The van der Waals surface area contributed by atoms with Gasteiger partial charge in [-0.25, -0.2) is 14.7 Å². The summed E-state index contributed by atoms with van der Waals surface area (Å²) < 4.78 is 4.06. The summed E-state index contributed by atoms with van der Waals surface area (Å²) in [5.41, 5.74) is 0. The minimum absolute atomic E-state index is 0. The van der Waals surface area contributed by atoms with Crippen LogP contribution in [0.1, 0.15) is 75.2 Å². The van der Waals surface area contributed by atoms with Crippen LogP contribution in [0, 0.1) is 6.92 Å². The summed E-state index contributed by atoms with van der Waals surface area (Å²) in [6.07, 6.45) is 6.97. The molecule has 0 amide bonds. The van der Waals surface area contributed by atoms with Crippen LogP contribution in [0.15, 0.2) is 4.99 Å². The van der Waals surface area contributed by atoms with E-state index >= 15 is 0 Å². The van der Waals surface area contributed by atoms with E-state index < -0.39 is 0 Å². The topological polar surface area (TPSA) is 97.8 Å². The normalized spacial score (nSPS) is 19.6. The molecule has 2 aromatic heterocycles. The van der Waals surface area contributed by atoms with Gasteiger partial charge in [0.25, 0.3) is 0 Å². The first kappa shape index (κ1) is 23.0. The lowest BCUT2D eigenvalue weighted by atomic mass is 10.1. The summed E-state index contributed by atoms with van der Waals surface area (Å²) in [6.45, 7) is 7.57. The third-order valence-corrected chi connectivity index (χ3v) is 5.99. The molecular formula is C20H34IN9. The molecular weight excluding hydrogens is 493 g/mol. The van der Waals surface area contributed by atoms with Crippen LogP contribution in [0.25, 0.3) is 0 Å². The highest BCUT2D eigenvalue weighted by molar-refractivity contribution is 14.0.